The van der Waals surface area contributed by atoms with Crippen molar-refractivity contribution in [1.29, 1.82) is 0 Å². The standard InChI is InChI=1S/C26H19FN2O3/c27-31-17-18-9-11-20(12-10-18)24-15-22(32-28-24)16-29-25-8-4-2-6-21(25)14-13-19-5-1-3-7-23(19)26(29)30/h1-12,22H,15-17H2. The SMILES string of the molecule is O=C1c2ccccc2C#Cc2ccccc2N1CC1CC(c2ccc(COF)cc2)=NO1. The summed E-state index contributed by atoms with van der Waals surface area (Å²) in [6.07, 6.45) is 0.258. The van der Waals surface area contributed by atoms with Crippen LogP contribution >= 0.6 is 0 Å². The Morgan fingerprint density at radius 3 is 2.53 bits per heavy atom. The summed E-state index contributed by atoms with van der Waals surface area (Å²) < 4.78 is 12.1. The molecule has 158 valence electrons. The average molecular weight is 426 g/mol. The van der Waals surface area contributed by atoms with Crippen LogP contribution in [0.2, 0.25) is 0 Å². The molecule has 32 heavy (non-hydrogen) atoms. The van der Waals surface area contributed by atoms with Gasteiger partial charge in [-0.3, -0.25) is 4.79 Å². The van der Waals surface area contributed by atoms with E-state index < -0.39 is 0 Å². The number of hydrogen-bond acceptors (Lipinski definition) is 4. The van der Waals surface area contributed by atoms with Crippen LogP contribution in [0.15, 0.2) is 78.0 Å². The van der Waals surface area contributed by atoms with Crippen molar-refractivity contribution < 1.29 is 19.1 Å². The van der Waals surface area contributed by atoms with E-state index in [2.05, 4.69) is 21.9 Å². The molecule has 6 heteroatoms. The van der Waals surface area contributed by atoms with Gasteiger partial charge in [0.2, 0.25) is 0 Å². The van der Waals surface area contributed by atoms with E-state index in [1.54, 1.807) is 23.1 Å². The molecule has 5 nitrogen and oxygen atoms in total. The molecule has 2 aliphatic rings. The van der Waals surface area contributed by atoms with Gasteiger partial charge in [-0.15, -0.1) is 0 Å². The fourth-order valence-electron chi connectivity index (χ4n) is 3.92. The van der Waals surface area contributed by atoms with Crippen LogP contribution in [0.5, 0.6) is 0 Å². The molecule has 0 fully saturated rings. The normalized spacial score (nSPS) is 16.7. The van der Waals surface area contributed by atoms with Gasteiger partial charge < -0.3 is 9.74 Å². The lowest BCUT2D eigenvalue weighted by Gasteiger charge is -2.27. The van der Waals surface area contributed by atoms with Crippen LogP contribution in [0, 0.1) is 11.8 Å². The molecule has 1 atom stereocenters. The number of hydrogen-bond donors (Lipinski definition) is 0. The first kappa shape index (κ1) is 20.0. The van der Waals surface area contributed by atoms with Gasteiger partial charge in [-0.25, -0.2) is 0 Å². The Hall–Kier alpha value is -3.95. The maximum Gasteiger partial charge on any atom is 0.259 e. The highest BCUT2D eigenvalue weighted by Crippen LogP contribution is 2.27. The van der Waals surface area contributed by atoms with E-state index in [0.717, 1.165) is 28.1 Å². The maximum atomic E-state index is 13.5. The summed E-state index contributed by atoms with van der Waals surface area (Å²) in [5.74, 6) is 6.20. The maximum absolute atomic E-state index is 13.5. The first-order valence-corrected chi connectivity index (χ1v) is 10.3. The summed E-state index contributed by atoms with van der Waals surface area (Å²) in [6.45, 7) is 0.249. The number of anilines is 1. The zero-order valence-electron chi connectivity index (χ0n) is 17.1. The minimum Gasteiger partial charge on any atom is -0.390 e. The van der Waals surface area contributed by atoms with Crippen LogP contribution in [-0.4, -0.2) is 24.3 Å². The van der Waals surface area contributed by atoms with Crippen LogP contribution in [0.25, 0.3) is 0 Å². The Morgan fingerprint density at radius 1 is 1.00 bits per heavy atom. The van der Waals surface area contributed by atoms with Crippen LogP contribution in [0.3, 0.4) is 0 Å². The minimum atomic E-state index is -0.296. The number of fused-ring (bicyclic) bond motifs is 2. The van der Waals surface area contributed by atoms with Crippen molar-refractivity contribution >= 4 is 17.3 Å². The second kappa shape index (κ2) is 8.66. The van der Waals surface area contributed by atoms with Crippen molar-refractivity contribution in [3.63, 3.8) is 0 Å². The summed E-state index contributed by atoms with van der Waals surface area (Å²) in [5.41, 5.74) is 5.24. The molecule has 3 aromatic carbocycles. The van der Waals surface area contributed by atoms with Gasteiger partial charge in [-0.2, -0.15) is 4.94 Å². The molecule has 0 aromatic heterocycles. The molecule has 1 unspecified atom stereocenters. The van der Waals surface area contributed by atoms with E-state index in [4.69, 9.17) is 4.84 Å². The molecule has 0 spiro atoms. The molecule has 0 saturated heterocycles. The van der Waals surface area contributed by atoms with Gasteiger partial charge in [0, 0.05) is 17.5 Å². The molecule has 5 rings (SSSR count). The van der Waals surface area contributed by atoms with Crippen LogP contribution in [0.4, 0.5) is 10.2 Å². The Kier molecular flexibility index (Phi) is 5.40. The highest BCUT2D eigenvalue weighted by molar-refractivity contribution is 6.09. The van der Waals surface area contributed by atoms with E-state index in [9.17, 15) is 9.32 Å². The van der Waals surface area contributed by atoms with Crippen molar-refractivity contribution in [3.05, 3.63) is 101 Å². The monoisotopic (exact) mass is 426 g/mol. The van der Waals surface area contributed by atoms with Crippen molar-refractivity contribution in [2.45, 2.75) is 19.1 Å². The smallest absolute Gasteiger partial charge is 0.259 e. The van der Waals surface area contributed by atoms with Gasteiger partial charge in [-0.05, 0) is 39.9 Å². The molecule has 2 aliphatic heterocycles. The van der Waals surface area contributed by atoms with Crippen molar-refractivity contribution in [2.75, 3.05) is 11.4 Å². The average Bonchev–Trinajstić information content (AvgIpc) is 3.30. The number of carbonyl (C=O) groups excluding carboxylic acids is 1. The van der Waals surface area contributed by atoms with Crippen molar-refractivity contribution in [3.8, 4) is 11.8 Å². The number of oxime groups is 1. The molecule has 1 amide bonds. The van der Waals surface area contributed by atoms with Crippen LogP contribution in [0.1, 0.15) is 39.0 Å². The number of carbonyl (C=O) groups is 1. The second-order valence-corrected chi connectivity index (χ2v) is 7.65. The Bertz CT molecular complexity index is 1260. The number of nitrogens with zero attached hydrogens (tertiary/aromatic N) is 2. The fourth-order valence-corrected chi connectivity index (χ4v) is 3.92. The number of benzene rings is 3. The summed E-state index contributed by atoms with van der Waals surface area (Å²) in [7, 11) is 0. The zero-order chi connectivity index (χ0) is 21.9. The third-order valence-corrected chi connectivity index (χ3v) is 5.56. The molecular weight excluding hydrogens is 407 g/mol. The van der Waals surface area contributed by atoms with Gasteiger partial charge in [0.1, 0.15) is 6.61 Å². The third-order valence-electron chi connectivity index (χ3n) is 5.56. The lowest BCUT2D eigenvalue weighted by Crippen LogP contribution is -2.39. The number of rotatable bonds is 5. The van der Waals surface area contributed by atoms with E-state index in [1.165, 1.54) is 0 Å². The zero-order valence-corrected chi connectivity index (χ0v) is 17.1. The summed E-state index contributed by atoms with van der Waals surface area (Å²) in [4.78, 5) is 24.6. The number of halogens is 1. The number of amides is 1. The first-order valence-electron chi connectivity index (χ1n) is 10.3. The van der Waals surface area contributed by atoms with Gasteiger partial charge in [-0.1, -0.05) is 65.5 Å². The molecule has 0 saturated carbocycles. The Morgan fingerprint density at radius 2 is 1.72 bits per heavy atom. The summed E-state index contributed by atoms with van der Waals surface area (Å²) in [5, 5.41) is 4.24. The first-order chi connectivity index (χ1) is 15.7. The summed E-state index contributed by atoms with van der Waals surface area (Å²) >= 11 is 0. The Balaban J connectivity index is 1.40. The van der Waals surface area contributed by atoms with Gasteiger partial charge >= 0.3 is 0 Å². The molecule has 0 radical (unpaired) electrons. The topological polar surface area (TPSA) is 51.1 Å². The molecule has 3 aromatic rings. The minimum absolute atomic E-state index is 0.0905. The van der Waals surface area contributed by atoms with Gasteiger partial charge in [0.25, 0.3) is 5.91 Å². The molecule has 0 bridgehead atoms. The van der Waals surface area contributed by atoms with Gasteiger partial charge in [0.15, 0.2) is 6.10 Å². The predicted molar refractivity (Wildman–Crippen MR) is 119 cm³/mol. The molecule has 0 aliphatic carbocycles. The largest absolute Gasteiger partial charge is 0.390 e. The fraction of sp³-hybridized carbons (Fsp3) is 0.154. The van der Waals surface area contributed by atoms with Crippen LogP contribution in [-0.2, 0) is 16.4 Å². The van der Waals surface area contributed by atoms with Crippen molar-refractivity contribution in [1.82, 2.24) is 0 Å². The number of para-hydroxylation sites is 1. The van der Waals surface area contributed by atoms with E-state index in [-0.39, 0.29) is 18.6 Å². The summed E-state index contributed by atoms with van der Waals surface area (Å²) in [6, 6.07) is 22.3. The lowest BCUT2D eigenvalue weighted by atomic mass is 10.0. The van der Waals surface area contributed by atoms with E-state index in [1.807, 2.05) is 54.6 Å². The second-order valence-electron chi connectivity index (χ2n) is 7.65. The van der Waals surface area contributed by atoms with E-state index in [0.29, 0.717) is 24.1 Å². The molecule has 2 heterocycles. The Labute approximate surface area is 185 Å². The molecular formula is C26H19FN2O3. The highest BCUT2D eigenvalue weighted by Gasteiger charge is 2.30. The highest BCUT2D eigenvalue weighted by atomic mass is 19.3. The van der Waals surface area contributed by atoms with Crippen molar-refractivity contribution in [2.24, 2.45) is 5.16 Å². The lowest BCUT2D eigenvalue weighted by molar-refractivity contribution is -0.144. The van der Waals surface area contributed by atoms with Crippen LogP contribution < -0.4 is 4.90 Å². The third kappa shape index (κ3) is 3.86. The quantitative estimate of drug-likeness (QED) is 0.559. The molecule has 0 N–H and O–H groups in total. The predicted octanol–water partition coefficient (Wildman–Crippen LogP) is 4.64. The van der Waals surface area contributed by atoms with E-state index >= 15 is 0 Å². The van der Waals surface area contributed by atoms with Gasteiger partial charge in [0.05, 0.1) is 23.5 Å².